The molecule has 1 radical (unpaired) electrons. The fraction of sp³-hybridized carbons (Fsp3) is 0.600. The summed E-state index contributed by atoms with van der Waals surface area (Å²) in [6, 6.07) is 9.39. The van der Waals surface area contributed by atoms with Crippen molar-refractivity contribution >= 4 is 9.84 Å². The fourth-order valence-electron chi connectivity index (χ4n) is 2.05. The molecule has 3 heteroatoms. The number of rotatable bonds is 8. The normalized spacial score (nSPS) is 13.4. The van der Waals surface area contributed by atoms with Crippen LogP contribution in [0.2, 0.25) is 0 Å². The van der Waals surface area contributed by atoms with E-state index in [0.29, 0.717) is 4.90 Å². The molecule has 1 atom stereocenters. The molecule has 0 saturated heterocycles. The molecule has 0 bridgehead atoms. The summed E-state index contributed by atoms with van der Waals surface area (Å²) >= 11 is 0. The van der Waals surface area contributed by atoms with Crippen molar-refractivity contribution in [1.29, 1.82) is 0 Å². The van der Waals surface area contributed by atoms with Crippen molar-refractivity contribution in [3.05, 3.63) is 30.3 Å². The van der Waals surface area contributed by atoms with Gasteiger partial charge in [-0.15, -0.1) is 0 Å². The van der Waals surface area contributed by atoms with E-state index in [9.17, 15) is 8.42 Å². The molecule has 0 saturated carbocycles. The van der Waals surface area contributed by atoms with Gasteiger partial charge in [0.15, 0.2) is 9.84 Å². The number of hydrogen-bond donors (Lipinski definition) is 0. The van der Waals surface area contributed by atoms with E-state index in [-0.39, 0.29) is 11.7 Å². The molecule has 0 spiro atoms. The Morgan fingerprint density at radius 2 is 1.83 bits per heavy atom. The molecule has 1 aromatic rings. The Morgan fingerprint density at radius 3 is 2.44 bits per heavy atom. The highest BCUT2D eigenvalue weighted by molar-refractivity contribution is 7.91. The monoisotopic (exact) mass is 267 g/mol. The van der Waals surface area contributed by atoms with Gasteiger partial charge in [-0.2, -0.15) is 0 Å². The summed E-state index contributed by atoms with van der Waals surface area (Å²) in [5, 5.41) is 0. The van der Waals surface area contributed by atoms with Crippen molar-refractivity contribution < 1.29 is 8.42 Å². The zero-order valence-electron chi connectivity index (χ0n) is 11.4. The standard InChI is InChI=1S/C15H23O2S/c1-3-4-5-7-10-14(2)13-18(16,17)15-11-8-6-9-12-15/h8-9,11-12,14H,3-5,7,10,13H2,1-2H3. The van der Waals surface area contributed by atoms with Gasteiger partial charge in [0.2, 0.25) is 0 Å². The van der Waals surface area contributed by atoms with Crippen molar-refractivity contribution in [2.45, 2.75) is 50.8 Å². The van der Waals surface area contributed by atoms with E-state index >= 15 is 0 Å². The molecule has 0 heterocycles. The van der Waals surface area contributed by atoms with Crippen LogP contribution in [-0.2, 0) is 9.84 Å². The first kappa shape index (κ1) is 15.2. The average molecular weight is 267 g/mol. The van der Waals surface area contributed by atoms with E-state index in [1.165, 1.54) is 19.3 Å². The largest absolute Gasteiger partial charge is 0.224 e. The van der Waals surface area contributed by atoms with E-state index in [4.69, 9.17) is 0 Å². The van der Waals surface area contributed by atoms with Gasteiger partial charge in [0.1, 0.15) is 0 Å². The van der Waals surface area contributed by atoms with Crippen LogP contribution in [0.4, 0.5) is 0 Å². The lowest BCUT2D eigenvalue weighted by Gasteiger charge is -2.11. The Bertz CT molecular complexity index is 423. The summed E-state index contributed by atoms with van der Waals surface area (Å²) in [6.45, 7) is 4.21. The third-order valence-electron chi connectivity index (χ3n) is 3.10. The Labute approximate surface area is 111 Å². The molecular formula is C15H23O2S. The summed E-state index contributed by atoms with van der Waals surface area (Å²) in [7, 11) is -3.12. The molecule has 1 aromatic carbocycles. The maximum Gasteiger partial charge on any atom is 0.178 e. The fourth-order valence-corrected chi connectivity index (χ4v) is 3.71. The maximum atomic E-state index is 12.1. The van der Waals surface area contributed by atoms with Crippen LogP contribution in [0.25, 0.3) is 0 Å². The van der Waals surface area contributed by atoms with E-state index in [2.05, 4.69) is 13.0 Å². The molecule has 0 aliphatic heterocycles. The maximum absolute atomic E-state index is 12.1. The van der Waals surface area contributed by atoms with E-state index in [1.54, 1.807) is 24.3 Å². The van der Waals surface area contributed by atoms with Gasteiger partial charge in [0.25, 0.3) is 0 Å². The van der Waals surface area contributed by atoms with Crippen molar-refractivity contribution in [2.75, 3.05) is 5.75 Å². The first-order valence-corrected chi connectivity index (χ1v) is 8.40. The highest BCUT2D eigenvalue weighted by atomic mass is 32.2. The Balaban J connectivity index is 2.46. The SMILES string of the molecule is CCCCCCC(C)CS(=O)(=O)c1cc[c]cc1. The number of hydrogen-bond acceptors (Lipinski definition) is 2. The molecule has 18 heavy (non-hydrogen) atoms. The lowest BCUT2D eigenvalue weighted by atomic mass is 10.0. The summed E-state index contributed by atoms with van der Waals surface area (Å²) in [4.78, 5) is 0.418. The van der Waals surface area contributed by atoms with Crippen LogP contribution in [0.5, 0.6) is 0 Å². The second kappa shape index (κ2) is 7.57. The predicted octanol–water partition coefficient (Wildman–Crippen LogP) is 3.87. The van der Waals surface area contributed by atoms with Crippen LogP contribution in [0.15, 0.2) is 29.2 Å². The van der Waals surface area contributed by atoms with Gasteiger partial charge in [0.05, 0.1) is 10.6 Å². The number of unbranched alkanes of at least 4 members (excludes halogenated alkanes) is 3. The smallest absolute Gasteiger partial charge is 0.178 e. The zero-order valence-corrected chi connectivity index (χ0v) is 12.2. The Hall–Kier alpha value is -0.830. The van der Waals surface area contributed by atoms with Gasteiger partial charge in [0, 0.05) is 0 Å². The molecule has 0 aliphatic rings. The van der Waals surface area contributed by atoms with E-state index in [1.807, 2.05) is 6.92 Å². The molecule has 0 amide bonds. The first-order valence-electron chi connectivity index (χ1n) is 6.75. The van der Waals surface area contributed by atoms with Crippen LogP contribution in [0.1, 0.15) is 46.0 Å². The second-order valence-electron chi connectivity index (χ2n) is 4.97. The van der Waals surface area contributed by atoms with E-state index in [0.717, 1.165) is 12.8 Å². The molecule has 0 aliphatic carbocycles. The minimum absolute atomic E-state index is 0.232. The molecule has 101 valence electrons. The van der Waals surface area contributed by atoms with Crippen molar-refractivity contribution in [3.8, 4) is 0 Å². The van der Waals surface area contributed by atoms with Gasteiger partial charge in [-0.3, -0.25) is 0 Å². The Morgan fingerprint density at radius 1 is 1.17 bits per heavy atom. The van der Waals surface area contributed by atoms with Crippen LogP contribution >= 0.6 is 0 Å². The zero-order chi connectivity index (χ0) is 13.4. The molecular weight excluding hydrogens is 244 g/mol. The third-order valence-corrected chi connectivity index (χ3v) is 5.10. The molecule has 0 N–H and O–H groups in total. The number of benzene rings is 1. The summed E-state index contributed by atoms with van der Waals surface area (Å²) in [5.74, 6) is 0.486. The third kappa shape index (κ3) is 5.21. The molecule has 1 unspecified atom stereocenters. The lowest BCUT2D eigenvalue weighted by molar-refractivity contribution is 0.513. The topological polar surface area (TPSA) is 34.1 Å². The van der Waals surface area contributed by atoms with Crippen LogP contribution in [0, 0.1) is 12.0 Å². The van der Waals surface area contributed by atoms with E-state index < -0.39 is 9.84 Å². The Kier molecular flexibility index (Phi) is 6.41. The first-order chi connectivity index (χ1) is 8.56. The van der Waals surface area contributed by atoms with Crippen molar-refractivity contribution in [3.63, 3.8) is 0 Å². The van der Waals surface area contributed by atoms with Gasteiger partial charge in [-0.25, -0.2) is 8.42 Å². The average Bonchev–Trinajstić information content (AvgIpc) is 2.35. The van der Waals surface area contributed by atoms with Gasteiger partial charge in [-0.05, 0) is 30.5 Å². The summed E-state index contributed by atoms with van der Waals surface area (Å²) in [5.41, 5.74) is 0. The van der Waals surface area contributed by atoms with Crippen molar-refractivity contribution in [2.24, 2.45) is 5.92 Å². The molecule has 1 rings (SSSR count). The van der Waals surface area contributed by atoms with Crippen LogP contribution < -0.4 is 0 Å². The predicted molar refractivity (Wildman–Crippen MR) is 75.3 cm³/mol. The summed E-state index contributed by atoms with van der Waals surface area (Å²) < 4.78 is 24.2. The lowest BCUT2D eigenvalue weighted by Crippen LogP contribution is -2.14. The highest BCUT2D eigenvalue weighted by Crippen LogP contribution is 2.17. The quantitative estimate of drug-likeness (QED) is 0.670. The van der Waals surface area contributed by atoms with Crippen LogP contribution in [-0.4, -0.2) is 14.2 Å². The van der Waals surface area contributed by atoms with Crippen molar-refractivity contribution in [1.82, 2.24) is 0 Å². The minimum Gasteiger partial charge on any atom is -0.224 e. The molecule has 2 nitrogen and oxygen atoms in total. The molecule has 0 fully saturated rings. The summed E-state index contributed by atoms with van der Waals surface area (Å²) in [6.07, 6.45) is 5.80. The van der Waals surface area contributed by atoms with Crippen LogP contribution in [0.3, 0.4) is 0 Å². The minimum atomic E-state index is -3.12. The van der Waals surface area contributed by atoms with Gasteiger partial charge in [-0.1, -0.05) is 51.7 Å². The second-order valence-corrected chi connectivity index (χ2v) is 7.01. The van der Waals surface area contributed by atoms with Gasteiger partial charge >= 0.3 is 0 Å². The highest BCUT2D eigenvalue weighted by Gasteiger charge is 2.17. The molecule has 0 aromatic heterocycles. The number of sulfone groups is 1. The van der Waals surface area contributed by atoms with Gasteiger partial charge < -0.3 is 0 Å².